The lowest BCUT2D eigenvalue weighted by atomic mass is 9.75. The van der Waals surface area contributed by atoms with Crippen LogP contribution < -0.4 is 15.1 Å². The van der Waals surface area contributed by atoms with Crippen molar-refractivity contribution >= 4 is 17.5 Å². The predicted molar refractivity (Wildman–Crippen MR) is 122 cm³/mol. The summed E-state index contributed by atoms with van der Waals surface area (Å²) in [6, 6.07) is 8.01. The van der Waals surface area contributed by atoms with E-state index in [0.29, 0.717) is 19.0 Å². The summed E-state index contributed by atoms with van der Waals surface area (Å²) in [5.74, 6) is 2.15. The second kappa shape index (κ2) is 10.6. The summed E-state index contributed by atoms with van der Waals surface area (Å²) in [4.78, 5) is 30.2. The lowest BCUT2D eigenvalue weighted by molar-refractivity contribution is -0.904. The van der Waals surface area contributed by atoms with E-state index in [1.807, 2.05) is 23.1 Å². The topological polar surface area (TPSA) is 58.3 Å². The van der Waals surface area contributed by atoms with E-state index in [1.165, 1.54) is 54.0 Å². The van der Waals surface area contributed by atoms with Gasteiger partial charge in [-0.05, 0) is 43.2 Å². The van der Waals surface area contributed by atoms with E-state index in [2.05, 4.69) is 18.3 Å². The van der Waals surface area contributed by atoms with Crippen LogP contribution >= 0.6 is 0 Å². The number of benzene rings is 1. The van der Waals surface area contributed by atoms with Gasteiger partial charge in [-0.25, -0.2) is 0 Å². The summed E-state index contributed by atoms with van der Waals surface area (Å²) < 4.78 is 0. The van der Waals surface area contributed by atoms with Gasteiger partial charge in [-0.2, -0.15) is 0 Å². The van der Waals surface area contributed by atoms with Gasteiger partial charge < -0.3 is 20.0 Å². The second-order valence-electron chi connectivity index (χ2n) is 9.84. The van der Waals surface area contributed by atoms with Crippen molar-refractivity contribution in [2.75, 3.05) is 57.7 Å². The molecule has 6 nitrogen and oxygen atoms in total. The number of carbonyl (C=O) groups excluding carboxylic acids is 2. The maximum absolute atomic E-state index is 12.9. The van der Waals surface area contributed by atoms with Gasteiger partial charge in [-0.3, -0.25) is 9.59 Å². The number of para-hydroxylation sites is 1. The summed E-state index contributed by atoms with van der Waals surface area (Å²) in [6.45, 7) is 8.85. The fraction of sp³-hybridized carbons (Fsp3) is 0.680. The maximum atomic E-state index is 12.9. The van der Waals surface area contributed by atoms with E-state index >= 15 is 0 Å². The molecule has 2 aliphatic heterocycles. The molecule has 3 aliphatic rings. The number of piperazine rings is 1. The number of hydrogen-bond donors (Lipinski definition) is 3. The van der Waals surface area contributed by atoms with E-state index < -0.39 is 0 Å². The number of rotatable bonds is 6. The van der Waals surface area contributed by atoms with Gasteiger partial charge in [0.25, 0.3) is 11.8 Å². The van der Waals surface area contributed by atoms with Crippen molar-refractivity contribution in [3.63, 3.8) is 0 Å². The third-order valence-corrected chi connectivity index (χ3v) is 7.79. The number of quaternary nitrogens is 2. The lowest BCUT2D eigenvalue weighted by Gasteiger charge is -2.39. The van der Waals surface area contributed by atoms with Crippen molar-refractivity contribution in [3.8, 4) is 0 Å². The maximum Gasteiger partial charge on any atom is 0.279 e. The Hall–Kier alpha value is -1.92. The lowest BCUT2D eigenvalue weighted by Crippen LogP contribution is -3.16. The number of carbonyl (C=O) groups is 2. The van der Waals surface area contributed by atoms with E-state index in [0.717, 1.165) is 56.7 Å². The van der Waals surface area contributed by atoms with Crippen LogP contribution in [0.2, 0.25) is 0 Å². The monoisotopic (exact) mass is 428 g/mol. The van der Waals surface area contributed by atoms with Gasteiger partial charge in [0.1, 0.15) is 0 Å². The third-order valence-electron chi connectivity index (χ3n) is 7.79. The molecule has 170 valence electrons. The molecular weight excluding hydrogens is 388 g/mol. The fourth-order valence-electron chi connectivity index (χ4n) is 5.90. The molecular formula is C25H40N4O2+2. The average Bonchev–Trinajstić information content (AvgIpc) is 2.79. The first kappa shape index (κ1) is 22.3. The molecule has 3 atom stereocenters. The molecule has 1 unspecified atom stereocenters. The van der Waals surface area contributed by atoms with E-state index in [-0.39, 0.29) is 5.91 Å². The summed E-state index contributed by atoms with van der Waals surface area (Å²) >= 11 is 0. The second-order valence-corrected chi connectivity index (χ2v) is 9.84. The standard InChI is InChI=1S/C25H38N4O2/c1-2-20-7-5-6-10-23(20)26-24(30)18-27-13-15-29(16-14-27)25(31)19-28-12-11-21-8-3-4-9-22(21)17-28/h5-7,10,21-22H,2-4,8-9,11-19H2,1H3,(H,26,30)/p+2/t21-,22-/m1/s1. The zero-order valence-electron chi connectivity index (χ0n) is 19.1. The summed E-state index contributed by atoms with van der Waals surface area (Å²) in [5.41, 5.74) is 2.09. The van der Waals surface area contributed by atoms with Crippen LogP contribution in [0.5, 0.6) is 0 Å². The van der Waals surface area contributed by atoms with Gasteiger partial charge in [-0.1, -0.05) is 38.0 Å². The van der Waals surface area contributed by atoms with Crippen LogP contribution in [0.15, 0.2) is 24.3 Å². The van der Waals surface area contributed by atoms with Gasteiger partial charge in [-0.15, -0.1) is 0 Å². The molecule has 0 radical (unpaired) electrons. The molecule has 0 spiro atoms. The molecule has 2 saturated heterocycles. The SMILES string of the molecule is CCc1ccccc1NC(=O)C[NH+]1CCN(C(=O)C[NH+]2CC[C@H]3CCCC[C@@H]3C2)CC1. The molecule has 0 aromatic heterocycles. The van der Waals surface area contributed by atoms with Crippen LogP contribution in [0.4, 0.5) is 5.69 Å². The van der Waals surface area contributed by atoms with E-state index in [9.17, 15) is 9.59 Å². The molecule has 2 heterocycles. The van der Waals surface area contributed by atoms with Crippen molar-refractivity contribution in [3.05, 3.63) is 29.8 Å². The normalized spacial score (nSPS) is 26.9. The molecule has 1 aromatic rings. The number of nitrogens with one attached hydrogen (secondary N) is 3. The number of amides is 2. The van der Waals surface area contributed by atoms with Crippen LogP contribution in [0, 0.1) is 11.8 Å². The molecule has 2 amide bonds. The highest BCUT2D eigenvalue weighted by Gasteiger charge is 2.35. The molecule has 1 saturated carbocycles. The molecule has 1 aromatic carbocycles. The number of aryl methyl sites for hydroxylation is 1. The molecule has 3 fully saturated rings. The fourth-order valence-corrected chi connectivity index (χ4v) is 5.90. The van der Waals surface area contributed by atoms with Gasteiger partial charge in [0.2, 0.25) is 0 Å². The Balaban J connectivity index is 1.19. The smallest absolute Gasteiger partial charge is 0.279 e. The first-order valence-corrected chi connectivity index (χ1v) is 12.4. The van der Waals surface area contributed by atoms with Crippen LogP contribution in [-0.2, 0) is 16.0 Å². The van der Waals surface area contributed by atoms with Crippen molar-refractivity contribution < 1.29 is 19.4 Å². The molecule has 4 rings (SSSR count). The van der Waals surface area contributed by atoms with E-state index in [4.69, 9.17) is 0 Å². The van der Waals surface area contributed by atoms with Crippen molar-refractivity contribution in [2.45, 2.75) is 45.4 Å². The average molecular weight is 429 g/mol. The van der Waals surface area contributed by atoms with Crippen molar-refractivity contribution in [1.82, 2.24) is 4.90 Å². The number of fused-ring (bicyclic) bond motifs is 1. The largest absolute Gasteiger partial charge is 0.327 e. The van der Waals surface area contributed by atoms with Crippen molar-refractivity contribution in [2.24, 2.45) is 11.8 Å². The number of anilines is 1. The summed E-state index contributed by atoms with van der Waals surface area (Å²) in [7, 11) is 0. The molecule has 31 heavy (non-hydrogen) atoms. The molecule has 6 heteroatoms. The third kappa shape index (κ3) is 5.86. The highest BCUT2D eigenvalue weighted by atomic mass is 16.2. The minimum atomic E-state index is 0.0653. The number of nitrogens with zero attached hydrogens (tertiary/aromatic N) is 1. The van der Waals surface area contributed by atoms with Gasteiger partial charge in [0.15, 0.2) is 13.1 Å². The van der Waals surface area contributed by atoms with Gasteiger partial charge >= 0.3 is 0 Å². The Kier molecular flexibility index (Phi) is 7.62. The first-order valence-electron chi connectivity index (χ1n) is 12.4. The van der Waals surface area contributed by atoms with Crippen LogP contribution in [0.25, 0.3) is 0 Å². The highest BCUT2D eigenvalue weighted by molar-refractivity contribution is 5.92. The zero-order valence-corrected chi connectivity index (χ0v) is 19.1. The Morgan fingerprint density at radius 3 is 2.48 bits per heavy atom. The first-order chi connectivity index (χ1) is 15.1. The minimum Gasteiger partial charge on any atom is -0.327 e. The molecule has 0 bridgehead atoms. The number of piperidine rings is 1. The quantitative estimate of drug-likeness (QED) is 0.598. The number of hydrogen-bond acceptors (Lipinski definition) is 2. The summed E-state index contributed by atoms with van der Waals surface area (Å²) in [6.07, 6.45) is 7.78. The van der Waals surface area contributed by atoms with Gasteiger partial charge in [0, 0.05) is 11.6 Å². The summed E-state index contributed by atoms with van der Waals surface area (Å²) in [5, 5.41) is 3.08. The Labute approximate surface area is 187 Å². The van der Waals surface area contributed by atoms with E-state index in [1.54, 1.807) is 0 Å². The minimum absolute atomic E-state index is 0.0653. The highest BCUT2D eigenvalue weighted by Crippen LogP contribution is 2.32. The zero-order chi connectivity index (χ0) is 21.6. The van der Waals surface area contributed by atoms with Crippen LogP contribution in [0.1, 0.15) is 44.6 Å². The number of likely N-dealkylation sites (tertiary alicyclic amines) is 1. The van der Waals surface area contributed by atoms with Crippen LogP contribution in [-0.4, -0.2) is 69.1 Å². The Morgan fingerprint density at radius 1 is 0.968 bits per heavy atom. The Bertz CT molecular complexity index is 760. The van der Waals surface area contributed by atoms with Crippen LogP contribution in [0.3, 0.4) is 0 Å². The Morgan fingerprint density at radius 2 is 1.71 bits per heavy atom. The predicted octanol–water partition coefficient (Wildman–Crippen LogP) is 0.00960. The molecule has 3 N–H and O–H groups in total. The van der Waals surface area contributed by atoms with Crippen molar-refractivity contribution in [1.29, 1.82) is 0 Å². The van der Waals surface area contributed by atoms with Gasteiger partial charge in [0.05, 0.1) is 39.3 Å². The molecule has 1 aliphatic carbocycles.